The smallest absolute Gasteiger partial charge is 0.00903 e. The van der Waals surface area contributed by atoms with Crippen LogP contribution in [0.25, 0.3) is 0 Å². The molecule has 0 fully saturated rings. The molecule has 1 atom stereocenters. The Kier molecular flexibility index (Phi) is 3.55. The van der Waals surface area contributed by atoms with E-state index in [1.807, 2.05) is 18.2 Å². The van der Waals surface area contributed by atoms with E-state index in [1.54, 1.807) is 0 Å². The van der Waals surface area contributed by atoms with Crippen molar-refractivity contribution in [1.82, 2.24) is 0 Å². The highest BCUT2D eigenvalue weighted by atomic mass is 14.1. The van der Waals surface area contributed by atoms with Crippen LogP contribution in [0.5, 0.6) is 0 Å². The zero-order valence-electron chi connectivity index (χ0n) is 9.21. The Morgan fingerprint density at radius 3 is 1.94 bits per heavy atom. The summed E-state index contributed by atoms with van der Waals surface area (Å²) in [7, 11) is 0. The first kappa shape index (κ1) is 10.7. The molecule has 0 aromatic heterocycles. The first-order valence-electron chi connectivity index (χ1n) is 5.47. The lowest BCUT2D eigenvalue weighted by atomic mass is 9.92. The van der Waals surface area contributed by atoms with Crippen LogP contribution in [0.3, 0.4) is 0 Å². The molecule has 0 bridgehead atoms. The average Bonchev–Trinajstić information content (AvgIpc) is 2.38. The van der Waals surface area contributed by atoms with Gasteiger partial charge in [0.25, 0.3) is 0 Å². The maximum Gasteiger partial charge on any atom is 0.00903 e. The molecule has 16 heavy (non-hydrogen) atoms. The molecule has 0 heterocycles. The van der Waals surface area contributed by atoms with Crippen molar-refractivity contribution in [3.05, 3.63) is 90.9 Å². The zero-order chi connectivity index (χ0) is 11.2. The van der Waals surface area contributed by atoms with Crippen molar-refractivity contribution in [3.8, 4) is 0 Å². The molecular formula is C16H15. The summed E-state index contributed by atoms with van der Waals surface area (Å²) in [5.74, 6) is 0.281. The van der Waals surface area contributed by atoms with E-state index in [0.717, 1.165) is 0 Å². The van der Waals surface area contributed by atoms with Crippen LogP contribution in [0.1, 0.15) is 17.0 Å². The lowest BCUT2D eigenvalue weighted by molar-refractivity contribution is 1.01. The number of rotatable bonds is 4. The van der Waals surface area contributed by atoms with Crippen molar-refractivity contribution < 1.29 is 0 Å². The van der Waals surface area contributed by atoms with Gasteiger partial charge in [0.15, 0.2) is 0 Å². The standard InChI is InChI=1S/C16H15/c1-2-15(16-11-7-4-8-12-16)13-14-9-5-3-6-10-14/h2-13,15H,1H2. The molecule has 0 aliphatic carbocycles. The van der Waals surface area contributed by atoms with Crippen molar-refractivity contribution in [2.45, 2.75) is 5.92 Å². The second-order valence-electron chi connectivity index (χ2n) is 3.75. The van der Waals surface area contributed by atoms with E-state index in [1.165, 1.54) is 11.1 Å². The molecule has 0 aliphatic heterocycles. The largest absolute Gasteiger partial charge is 0.102 e. The number of hydrogen-bond acceptors (Lipinski definition) is 0. The Bertz CT molecular complexity index is 428. The molecule has 1 radical (unpaired) electrons. The Hall–Kier alpha value is -1.82. The van der Waals surface area contributed by atoms with E-state index in [0.29, 0.717) is 0 Å². The highest BCUT2D eigenvalue weighted by Crippen LogP contribution is 2.23. The van der Waals surface area contributed by atoms with E-state index >= 15 is 0 Å². The third-order valence-corrected chi connectivity index (χ3v) is 2.61. The van der Waals surface area contributed by atoms with E-state index in [2.05, 4.69) is 61.5 Å². The third kappa shape index (κ3) is 2.60. The Balaban J connectivity index is 2.16. The summed E-state index contributed by atoms with van der Waals surface area (Å²) in [5.41, 5.74) is 2.51. The molecular weight excluding hydrogens is 192 g/mol. The summed E-state index contributed by atoms with van der Waals surface area (Å²) in [4.78, 5) is 0. The maximum absolute atomic E-state index is 3.90. The minimum atomic E-state index is 0.281. The van der Waals surface area contributed by atoms with Gasteiger partial charge >= 0.3 is 0 Å². The van der Waals surface area contributed by atoms with Gasteiger partial charge in [0, 0.05) is 12.3 Å². The SMILES string of the molecule is C=CC([CH]c1ccccc1)c1ccccc1. The average molecular weight is 207 g/mol. The molecule has 0 heteroatoms. The first-order chi connectivity index (χ1) is 7.90. The Labute approximate surface area is 97.3 Å². The molecule has 0 spiro atoms. The molecule has 0 N–H and O–H groups in total. The molecule has 2 rings (SSSR count). The summed E-state index contributed by atoms with van der Waals surface area (Å²) >= 11 is 0. The summed E-state index contributed by atoms with van der Waals surface area (Å²) in [6.07, 6.45) is 4.20. The van der Waals surface area contributed by atoms with Crippen molar-refractivity contribution in [1.29, 1.82) is 0 Å². The van der Waals surface area contributed by atoms with Crippen LogP contribution in [-0.4, -0.2) is 0 Å². The zero-order valence-corrected chi connectivity index (χ0v) is 9.21. The monoisotopic (exact) mass is 207 g/mol. The number of hydrogen-bond donors (Lipinski definition) is 0. The van der Waals surface area contributed by atoms with Crippen LogP contribution in [0.4, 0.5) is 0 Å². The van der Waals surface area contributed by atoms with Gasteiger partial charge in [0.2, 0.25) is 0 Å². The van der Waals surface area contributed by atoms with Gasteiger partial charge in [-0.2, -0.15) is 0 Å². The summed E-state index contributed by atoms with van der Waals surface area (Å²) < 4.78 is 0. The van der Waals surface area contributed by atoms with Crippen molar-refractivity contribution in [3.63, 3.8) is 0 Å². The highest BCUT2D eigenvalue weighted by molar-refractivity contribution is 5.34. The molecule has 0 amide bonds. The molecule has 0 saturated heterocycles. The van der Waals surface area contributed by atoms with E-state index in [4.69, 9.17) is 0 Å². The van der Waals surface area contributed by atoms with Crippen LogP contribution in [0, 0.1) is 6.42 Å². The van der Waals surface area contributed by atoms with E-state index in [-0.39, 0.29) is 5.92 Å². The lowest BCUT2D eigenvalue weighted by Gasteiger charge is -2.12. The minimum absolute atomic E-state index is 0.281. The van der Waals surface area contributed by atoms with Crippen LogP contribution in [-0.2, 0) is 0 Å². The number of allylic oxidation sites excluding steroid dienone is 1. The van der Waals surface area contributed by atoms with Gasteiger partial charge in [-0.25, -0.2) is 0 Å². The molecule has 1 unspecified atom stereocenters. The predicted molar refractivity (Wildman–Crippen MR) is 69.2 cm³/mol. The second-order valence-corrected chi connectivity index (χ2v) is 3.75. The van der Waals surface area contributed by atoms with Gasteiger partial charge in [-0.3, -0.25) is 0 Å². The van der Waals surface area contributed by atoms with Gasteiger partial charge in [-0.1, -0.05) is 66.7 Å². The highest BCUT2D eigenvalue weighted by Gasteiger charge is 2.07. The van der Waals surface area contributed by atoms with Gasteiger partial charge in [0.1, 0.15) is 0 Å². The normalized spacial score (nSPS) is 12.0. The summed E-state index contributed by atoms with van der Waals surface area (Å²) in [6.45, 7) is 3.90. The summed E-state index contributed by atoms with van der Waals surface area (Å²) in [5, 5.41) is 0. The Morgan fingerprint density at radius 1 is 0.812 bits per heavy atom. The summed E-state index contributed by atoms with van der Waals surface area (Å²) in [6, 6.07) is 20.8. The van der Waals surface area contributed by atoms with Gasteiger partial charge in [-0.05, 0) is 11.1 Å². The maximum atomic E-state index is 3.90. The van der Waals surface area contributed by atoms with Crippen LogP contribution in [0.15, 0.2) is 73.3 Å². The van der Waals surface area contributed by atoms with Gasteiger partial charge in [-0.15, -0.1) is 6.58 Å². The van der Waals surface area contributed by atoms with Gasteiger partial charge in [0.05, 0.1) is 0 Å². The predicted octanol–water partition coefficient (Wildman–Crippen LogP) is 4.21. The minimum Gasteiger partial charge on any atom is -0.102 e. The Morgan fingerprint density at radius 2 is 1.38 bits per heavy atom. The fourth-order valence-electron chi connectivity index (χ4n) is 1.75. The van der Waals surface area contributed by atoms with E-state index in [9.17, 15) is 0 Å². The lowest BCUT2D eigenvalue weighted by Crippen LogP contribution is -1.96. The topological polar surface area (TPSA) is 0 Å². The third-order valence-electron chi connectivity index (χ3n) is 2.61. The quantitative estimate of drug-likeness (QED) is 0.659. The second kappa shape index (κ2) is 5.32. The van der Waals surface area contributed by atoms with Crippen LogP contribution >= 0.6 is 0 Å². The molecule has 0 nitrogen and oxygen atoms in total. The fraction of sp³-hybridized carbons (Fsp3) is 0.0625. The van der Waals surface area contributed by atoms with Crippen molar-refractivity contribution in [2.24, 2.45) is 0 Å². The molecule has 0 saturated carbocycles. The molecule has 2 aromatic carbocycles. The molecule has 2 aromatic rings. The number of benzene rings is 2. The molecule has 0 aliphatic rings. The van der Waals surface area contributed by atoms with Crippen LogP contribution in [0.2, 0.25) is 0 Å². The first-order valence-corrected chi connectivity index (χ1v) is 5.47. The molecule has 79 valence electrons. The van der Waals surface area contributed by atoms with Gasteiger partial charge < -0.3 is 0 Å². The van der Waals surface area contributed by atoms with Crippen molar-refractivity contribution in [2.75, 3.05) is 0 Å². The fourth-order valence-corrected chi connectivity index (χ4v) is 1.75. The van der Waals surface area contributed by atoms with Crippen molar-refractivity contribution >= 4 is 0 Å². The van der Waals surface area contributed by atoms with Crippen LogP contribution < -0.4 is 0 Å². The van der Waals surface area contributed by atoms with E-state index < -0.39 is 0 Å².